The van der Waals surface area contributed by atoms with Gasteiger partial charge in [-0.15, -0.1) is 0 Å². The van der Waals surface area contributed by atoms with E-state index in [9.17, 15) is 18.4 Å². The molecule has 30 heavy (non-hydrogen) atoms. The lowest BCUT2D eigenvalue weighted by Crippen LogP contribution is -2.57. The number of pyridine rings is 1. The minimum Gasteiger partial charge on any atom is -0.354 e. The molecule has 1 aliphatic heterocycles. The average Bonchev–Trinajstić information content (AvgIpc) is 3.10. The molecule has 4 rings (SSSR count). The van der Waals surface area contributed by atoms with Gasteiger partial charge in [-0.25, -0.2) is 23.2 Å². The van der Waals surface area contributed by atoms with Gasteiger partial charge in [0.15, 0.2) is 11.5 Å². The second kappa shape index (κ2) is 7.74. The van der Waals surface area contributed by atoms with Crippen molar-refractivity contribution >= 4 is 40.2 Å². The van der Waals surface area contributed by atoms with E-state index >= 15 is 0 Å². The maximum atomic E-state index is 13.4. The molecule has 3 heterocycles. The summed E-state index contributed by atoms with van der Waals surface area (Å²) in [6.07, 6.45) is 1.43. The molecule has 0 radical (unpaired) electrons. The molecule has 0 atom stereocenters. The fourth-order valence-electron chi connectivity index (χ4n) is 3.15. The van der Waals surface area contributed by atoms with Gasteiger partial charge in [0.05, 0.1) is 29.3 Å². The molecule has 0 saturated carbocycles. The van der Waals surface area contributed by atoms with Crippen LogP contribution in [-0.4, -0.2) is 63.0 Å². The molecule has 1 aromatic carbocycles. The number of hydrogen-bond acceptors (Lipinski definition) is 6. The van der Waals surface area contributed by atoms with Crippen molar-refractivity contribution < 1.29 is 18.4 Å². The van der Waals surface area contributed by atoms with Crippen molar-refractivity contribution in [1.82, 2.24) is 19.9 Å². The summed E-state index contributed by atoms with van der Waals surface area (Å²) >= 11 is 5.75. The first-order valence-electron chi connectivity index (χ1n) is 8.95. The Morgan fingerprint density at radius 3 is 2.83 bits per heavy atom. The van der Waals surface area contributed by atoms with Gasteiger partial charge in [-0.2, -0.15) is 4.98 Å². The third-order valence-corrected chi connectivity index (χ3v) is 4.93. The first-order valence-corrected chi connectivity index (χ1v) is 9.33. The first kappa shape index (κ1) is 20.4. The van der Waals surface area contributed by atoms with Crippen LogP contribution in [0.4, 0.5) is 24.8 Å². The number of H-pyrrole nitrogens is 1. The molecule has 1 fully saturated rings. The summed E-state index contributed by atoms with van der Waals surface area (Å²) in [5, 5.41) is 22.1. The predicted octanol–water partition coefficient (Wildman–Crippen LogP) is 3.33. The van der Waals surface area contributed by atoms with Gasteiger partial charge < -0.3 is 10.3 Å². The Morgan fingerprint density at radius 2 is 2.13 bits per heavy atom. The highest BCUT2D eigenvalue weighted by atomic mass is 35.5. The van der Waals surface area contributed by atoms with Gasteiger partial charge in [0, 0.05) is 24.8 Å². The minimum absolute atomic E-state index is 0.112. The Hall–Kier alpha value is -2.89. The van der Waals surface area contributed by atoms with Crippen LogP contribution in [0.5, 0.6) is 0 Å². The molecular weight excluding hydrogens is 423 g/mol. The van der Waals surface area contributed by atoms with Gasteiger partial charge in [-0.3, -0.25) is 15.5 Å². The van der Waals surface area contributed by atoms with Gasteiger partial charge in [0.2, 0.25) is 5.95 Å². The van der Waals surface area contributed by atoms with E-state index in [1.54, 1.807) is 4.90 Å². The summed E-state index contributed by atoms with van der Waals surface area (Å²) in [5.74, 6) is -3.19. The van der Waals surface area contributed by atoms with E-state index in [4.69, 9.17) is 17.0 Å². The number of halogens is 4. The molecule has 0 spiro atoms. The zero-order valence-electron chi connectivity index (χ0n) is 15.5. The highest BCUT2D eigenvalue weighted by Crippen LogP contribution is 2.26. The average molecular weight is 440 g/mol. The second-order valence-corrected chi connectivity index (χ2v) is 7.30. The standard InChI is InChI=1S/C18H17ClF3N7O/c19-12-7-10(1-2-13(12)20)29(30)15(23)11-3-4-24-16-14(11)26-17(27-16)25-5-6-28-8-18(21,22)9-28/h1-4,7,23,30H,5-6,8-9H2,(H2,24,25,26,27). The van der Waals surface area contributed by atoms with Crippen LogP contribution in [0, 0.1) is 11.2 Å². The lowest BCUT2D eigenvalue weighted by Gasteiger charge is -2.38. The van der Waals surface area contributed by atoms with Crippen LogP contribution in [-0.2, 0) is 0 Å². The van der Waals surface area contributed by atoms with Crippen molar-refractivity contribution in [1.29, 1.82) is 5.41 Å². The van der Waals surface area contributed by atoms with Gasteiger partial charge in [-0.1, -0.05) is 11.6 Å². The number of alkyl halides is 2. The van der Waals surface area contributed by atoms with Crippen LogP contribution in [0.2, 0.25) is 5.02 Å². The summed E-state index contributed by atoms with van der Waals surface area (Å²) in [6.45, 7) is 0.316. The SMILES string of the molecule is N=C(c1ccnc2nc(NCCN3CC(F)(F)C3)[nH]c12)N(O)c1ccc(F)c(Cl)c1. The molecule has 4 N–H and O–H groups in total. The van der Waals surface area contributed by atoms with Gasteiger partial charge in [0.1, 0.15) is 5.82 Å². The molecule has 1 aliphatic rings. The van der Waals surface area contributed by atoms with Crippen molar-refractivity contribution in [2.45, 2.75) is 5.92 Å². The highest BCUT2D eigenvalue weighted by molar-refractivity contribution is 6.31. The van der Waals surface area contributed by atoms with E-state index in [2.05, 4.69) is 20.3 Å². The van der Waals surface area contributed by atoms with Crippen molar-refractivity contribution in [3.05, 3.63) is 46.9 Å². The lowest BCUT2D eigenvalue weighted by molar-refractivity contribution is -0.128. The molecular formula is C18H17ClF3N7O. The maximum Gasteiger partial charge on any atom is 0.272 e. The van der Waals surface area contributed by atoms with Crippen LogP contribution in [0.25, 0.3) is 11.2 Å². The van der Waals surface area contributed by atoms with Crippen molar-refractivity contribution in [3.8, 4) is 0 Å². The van der Waals surface area contributed by atoms with Gasteiger partial charge in [0.25, 0.3) is 5.92 Å². The number of imidazole rings is 1. The number of amidine groups is 1. The smallest absolute Gasteiger partial charge is 0.272 e. The molecule has 0 amide bonds. The number of rotatable bonds is 6. The van der Waals surface area contributed by atoms with E-state index in [0.717, 1.165) is 6.07 Å². The monoisotopic (exact) mass is 439 g/mol. The molecule has 1 saturated heterocycles. The summed E-state index contributed by atoms with van der Waals surface area (Å²) in [5.41, 5.74) is 1.11. The van der Waals surface area contributed by atoms with E-state index in [-0.39, 0.29) is 29.6 Å². The molecule has 158 valence electrons. The number of anilines is 2. The topological polar surface area (TPSA) is 104 Å². The van der Waals surface area contributed by atoms with E-state index in [1.807, 2.05) is 0 Å². The Morgan fingerprint density at radius 1 is 1.37 bits per heavy atom. The van der Waals surface area contributed by atoms with Crippen molar-refractivity contribution in [2.24, 2.45) is 0 Å². The lowest BCUT2D eigenvalue weighted by atomic mass is 10.1. The van der Waals surface area contributed by atoms with Crippen LogP contribution in [0.3, 0.4) is 0 Å². The Kier molecular flexibility index (Phi) is 5.26. The normalized spacial score (nSPS) is 15.8. The third-order valence-electron chi connectivity index (χ3n) is 4.64. The van der Waals surface area contributed by atoms with Gasteiger partial charge >= 0.3 is 0 Å². The first-order chi connectivity index (χ1) is 14.2. The fraction of sp³-hybridized carbons (Fsp3) is 0.278. The second-order valence-electron chi connectivity index (χ2n) is 6.89. The zero-order valence-corrected chi connectivity index (χ0v) is 16.2. The van der Waals surface area contributed by atoms with E-state index in [0.29, 0.717) is 40.8 Å². The fourth-order valence-corrected chi connectivity index (χ4v) is 3.33. The van der Waals surface area contributed by atoms with Crippen molar-refractivity contribution in [3.63, 3.8) is 0 Å². The number of hydrogen-bond donors (Lipinski definition) is 4. The maximum absolute atomic E-state index is 13.4. The number of aromatic nitrogens is 3. The van der Waals surface area contributed by atoms with E-state index in [1.165, 1.54) is 24.4 Å². The molecule has 0 bridgehead atoms. The summed E-state index contributed by atoms with van der Waals surface area (Å²) in [7, 11) is 0. The molecule has 0 aliphatic carbocycles. The number of hydroxylamine groups is 1. The van der Waals surface area contributed by atoms with Crippen LogP contribution in [0.1, 0.15) is 5.56 Å². The predicted molar refractivity (Wildman–Crippen MR) is 106 cm³/mol. The largest absolute Gasteiger partial charge is 0.354 e. The summed E-state index contributed by atoms with van der Waals surface area (Å²) < 4.78 is 39.1. The van der Waals surface area contributed by atoms with E-state index < -0.39 is 11.7 Å². The quantitative estimate of drug-likeness (QED) is 0.267. The van der Waals surface area contributed by atoms with Crippen LogP contribution in [0.15, 0.2) is 30.5 Å². The highest BCUT2D eigenvalue weighted by Gasteiger charge is 2.43. The number of likely N-dealkylation sites (tertiary alicyclic amines) is 1. The van der Waals surface area contributed by atoms with Crippen molar-refractivity contribution in [2.75, 3.05) is 36.6 Å². The van der Waals surface area contributed by atoms with Gasteiger partial charge in [-0.05, 0) is 24.3 Å². The molecule has 2 aromatic heterocycles. The number of nitrogens with one attached hydrogen (secondary N) is 3. The molecule has 0 unspecified atom stereocenters. The Bertz CT molecular complexity index is 1100. The minimum atomic E-state index is -2.61. The summed E-state index contributed by atoms with van der Waals surface area (Å²) in [4.78, 5) is 13.0. The molecule has 12 heteroatoms. The number of benzene rings is 1. The molecule has 8 nitrogen and oxygen atoms in total. The van der Waals surface area contributed by atoms with Crippen LogP contribution >= 0.6 is 11.6 Å². The number of fused-ring (bicyclic) bond motifs is 1. The zero-order chi connectivity index (χ0) is 21.5. The summed E-state index contributed by atoms with van der Waals surface area (Å²) in [6, 6.07) is 5.09. The van der Waals surface area contributed by atoms with Crippen LogP contribution < -0.4 is 10.4 Å². The number of nitrogens with zero attached hydrogens (tertiary/aromatic N) is 4. The Balaban J connectivity index is 1.48. The number of aromatic amines is 1. The molecule has 3 aromatic rings. The third kappa shape index (κ3) is 4.04. The Labute approximate surface area is 173 Å².